The molecule has 4 aromatic rings. The summed E-state index contributed by atoms with van der Waals surface area (Å²) in [5, 5.41) is 13.4. The van der Waals surface area contributed by atoms with Gasteiger partial charge in [-0.15, -0.1) is 0 Å². The van der Waals surface area contributed by atoms with Crippen LogP contribution in [0.15, 0.2) is 61.2 Å². The molecular weight excluding hydrogens is 388 g/mol. The molecule has 7 nitrogen and oxygen atoms in total. The molecule has 0 bridgehead atoms. The largest absolute Gasteiger partial charge is 0.386 e. The van der Waals surface area contributed by atoms with Crippen molar-refractivity contribution in [1.82, 2.24) is 19.4 Å². The van der Waals surface area contributed by atoms with Crippen molar-refractivity contribution >= 4 is 28.9 Å². The molecule has 6 rings (SSSR count). The Labute approximate surface area is 179 Å². The summed E-state index contributed by atoms with van der Waals surface area (Å²) in [5.74, 6) is 0.695. The first kappa shape index (κ1) is 18.1. The van der Waals surface area contributed by atoms with Crippen molar-refractivity contribution < 1.29 is 5.11 Å². The fourth-order valence-electron chi connectivity index (χ4n) is 4.28. The van der Waals surface area contributed by atoms with Gasteiger partial charge in [0.05, 0.1) is 17.0 Å². The highest BCUT2D eigenvalue weighted by atomic mass is 16.3. The van der Waals surface area contributed by atoms with Crippen LogP contribution in [0.2, 0.25) is 0 Å². The van der Waals surface area contributed by atoms with E-state index in [1.165, 1.54) is 5.56 Å². The lowest BCUT2D eigenvalue weighted by Gasteiger charge is -2.45. The Morgan fingerprint density at radius 1 is 1.13 bits per heavy atom. The SMILES string of the molecule is CC1(O)CN(c2ccc(Nc3nc(-c4cnc5c(c4)CC=C5)cn4ccnc34)cc2)C1. The summed E-state index contributed by atoms with van der Waals surface area (Å²) in [7, 11) is 0. The topological polar surface area (TPSA) is 78.6 Å². The van der Waals surface area contributed by atoms with Crippen LogP contribution in [0.4, 0.5) is 17.2 Å². The third-order valence-corrected chi connectivity index (χ3v) is 5.84. The molecule has 1 aromatic carbocycles. The molecule has 31 heavy (non-hydrogen) atoms. The van der Waals surface area contributed by atoms with Crippen molar-refractivity contribution in [3.05, 3.63) is 72.5 Å². The first-order valence-corrected chi connectivity index (χ1v) is 10.4. The van der Waals surface area contributed by atoms with Gasteiger partial charge in [-0.3, -0.25) is 4.98 Å². The molecule has 0 unspecified atom stereocenters. The number of imidazole rings is 1. The van der Waals surface area contributed by atoms with Crippen LogP contribution in [0.5, 0.6) is 0 Å². The molecule has 1 saturated heterocycles. The normalized spacial score (nSPS) is 16.4. The molecule has 1 fully saturated rings. The van der Waals surface area contributed by atoms with E-state index >= 15 is 0 Å². The van der Waals surface area contributed by atoms with Crippen molar-refractivity contribution in [2.75, 3.05) is 23.3 Å². The smallest absolute Gasteiger partial charge is 0.180 e. The number of hydrogen-bond acceptors (Lipinski definition) is 6. The van der Waals surface area contributed by atoms with E-state index in [9.17, 15) is 5.11 Å². The van der Waals surface area contributed by atoms with E-state index in [1.807, 2.05) is 42.0 Å². The zero-order valence-electron chi connectivity index (χ0n) is 17.2. The van der Waals surface area contributed by atoms with Crippen LogP contribution in [-0.2, 0) is 6.42 Å². The first-order valence-electron chi connectivity index (χ1n) is 10.4. The quantitative estimate of drug-likeness (QED) is 0.534. The van der Waals surface area contributed by atoms with Gasteiger partial charge in [-0.1, -0.05) is 6.08 Å². The zero-order valence-corrected chi connectivity index (χ0v) is 17.2. The summed E-state index contributed by atoms with van der Waals surface area (Å²) in [6.07, 6.45) is 12.7. The van der Waals surface area contributed by atoms with Gasteiger partial charge in [0.2, 0.25) is 0 Å². The summed E-state index contributed by atoms with van der Waals surface area (Å²) in [4.78, 5) is 16.1. The minimum atomic E-state index is -0.587. The van der Waals surface area contributed by atoms with E-state index < -0.39 is 5.60 Å². The lowest BCUT2D eigenvalue weighted by atomic mass is 9.96. The van der Waals surface area contributed by atoms with E-state index in [0.717, 1.165) is 40.4 Å². The number of β-amino-alcohol motifs (C(OH)–C–C–N with tert-alkyl or cyclic N) is 1. The number of aromatic nitrogens is 4. The number of benzene rings is 1. The summed E-state index contributed by atoms with van der Waals surface area (Å²) < 4.78 is 1.98. The van der Waals surface area contributed by atoms with E-state index in [1.54, 1.807) is 6.20 Å². The lowest BCUT2D eigenvalue weighted by molar-refractivity contribution is 0.0310. The van der Waals surface area contributed by atoms with Crippen molar-refractivity contribution in [3.8, 4) is 11.3 Å². The zero-order chi connectivity index (χ0) is 21.0. The molecule has 0 radical (unpaired) electrons. The van der Waals surface area contributed by atoms with Gasteiger partial charge in [0.15, 0.2) is 11.5 Å². The van der Waals surface area contributed by atoms with Crippen molar-refractivity contribution in [2.45, 2.75) is 18.9 Å². The second-order valence-corrected chi connectivity index (χ2v) is 8.53. The second kappa shape index (κ2) is 6.65. The second-order valence-electron chi connectivity index (χ2n) is 8.53. The first-order chi connectivity index (χ1) is 15.0. The molecule has 154 valence electrons. The van der Waals surface area contributed by atoms with Gasteiger partial charge >= 0.3 is 0 Å². The molecule has 2 aliphatic rings. The van der Waals surface area contributed by atoms with Gasteiger partial charge in [-0.05, 0) is 55.3 Å². The predicted octanol–water partition coefficient (Wildman–Crippen LogP) is 3.68. The standard InChI is InChI=1S/C24H22N6O/c1-24(31)14-30(15-24)19-7-5-18(6-8-19)27-22-23-25-9-10-29(23)13-21(28-22)17-11-16-3-2-4-20(16)26-12-17/h2,4-13,31H,3,14-15H2,1H3,(H,27,28). The fourth-order valence-corrected chi connectivity index (χ4v) is 4.28. The number of hydrogen-bond donors (Lipinski definition) is 2. The van der Waals surface area contributed by atoms with Gasteiger partial charge in [-0.2, -0.15) is 0 Å². The molecule has 7 heteroatoms. The van der Waals surface area contributed by atoms with Crippen LogP contribution in [0, 0.1) is 0 Å². The number of nitrogens with one attached hydrogen (secondary N) is 1. The minimum Gasteiger partial charge on any atom is -0.386 e. The molecular formula is C24H22N6O. The average molecular weight is 410 g/mol. The van der Waals surface area contributed by atoms with E-state index in [-0.39, 0.29) is 0 Å². The number of rotatable bonds is 4. The molecule has 0 saturated carbocycles. The Morgan fingerprint density at radius 2 is 1.97 bits per heavy atom. The van der Waals surface area contributed by atoms with Crippen molar-refractivity contribution in [1.29, 1.82) is 0 Å². The molecule has 4 heterocycles. The molecule has 0 amide bonds. The Kier molecular flexibility index (Phi) is 3.88. The highest BCUT2D eigenvalue weighted by Crippen LogP contribution is 2.30. The van der Waals surface area contributed by atoms with E-state index in [0.29, 0.717) is 18.9 Å². The number of fused-ring (bicyclic) bond motifs is 2. The third kappa shape index (κ3) is 3.23. The number of aliphatic hydroxyl groups is 1. The Bertz CT molecular complexity index is 1310. The van der Waals surface area contributed by atoms with Gasteiger partial charge in [0.25, 0.3) is 0 Å². The van der Waals surface area contributed by atoms with Crippen LogP contribution < -0.4 is 10.2 Å². The number of pyridine rings is 1. The lowest BCUT2D eigenvalue weighted by Crippen LogP contribution is -2.60. The van der Waals surface area contributed by atoms with Gasteiger partial charge in [-0.25, -0.2) is 9.97 Å². The highest BCUT2D eigenvalue weighted by molar-refractivity contribution is 5.75. The van der Waals surface area contributed by atoms with E-state index in [4.69, 9.17) is 4.98 Å². The molecule has 1 aliphatic carbocycles. The maximum Gasteiger partial charge on any atom is 0.180 e. The Balaban J connectivity index is 1.31. The van der Waals surface area contributed by atoms with Crippen LogP contribution in [0.3, 0.4) is 0 Å². The summed E-state index contributed by atoms with van der Waals surface area (Å²) in [5.41, 5.74) is 6.30. The van der Waals surface area contributed by atoms with Crippen LogP contribution in [0.25, 0.3) is 23.0 Å². The summed E-state index contributed by atoms with van der Waals surface area (Å²) >= 11 is 0. The molecule has 1 aliphatic heterocycles. The molecule has 3 aromatic heterocycles. The number of allylic oxidation sites excluding steroid dienone is 1. The van der Waals surface area contributed by atoms with Crippen LogP contribution >= 0.6 is 0 Å². The Hall–Kier alpha value is -3.71. The summed E-state index contributed by atoms with van der Waals surface area (Å²) in [6.45, 7) is 3.17. The van der Waals surface area contributed by atoms with Crippen LogP contribution in [0.1, 0.15) is 18.2 Å². The third-order valence-electron chi connectivity index (χ3n) is 5.84. The number of nitrogens with zero attached hydrogens (tertiary/aromatic N) is 5. The van der Waals surface area contributed by atoms with Gasteiger partial charge < -0.3 is 19.7 Å². The van der Waals surface area contributed by atoms with E-state index in [2.05, 4.69) is 50.5 Å². The maximum absolute atomic E-state index is 9.97. The van der Waals surface area contributed by atoms with Crippen molar-refractivity contribution in [2.24, 2.45) is 0 Å². The van der Waals surface area contributed by atoms with Gasteiger partial charge in [0, 0.05) is 54.8 Å². The monoisotopic (exact) mass is 410 g/mol. The fraction of sp³-hybridized carbons (Fsp3) is 0.208. The molecule has 0 spiro atoms. The highest BCUT2D eigenvalue weighted by Gasteiger charge is 2.36. The summed E-state index contributed by atoms with van der Waals surface area (Å²) in [6, 6.07) is 10.3. The van der Waals surface area contributed by atoms with Gasteiger partial charge in [0.1, 0.15) is 0 Å². The maximum atomic E-state index is 9.97. The van der Waals surface area contributed by atoms with Crippen LogP contribution in [-0.4, -0.2) is 43.1 Å². The minimum absolute atomic E-state index is 0.587. The molecule has 0 atom stereocenters. The molecule has 2 N–H and O–H groups in total. The Morgan fingerprint density at radius 3 is 2.77 bits per heavy atom. The predicted molar refractivity (Wildman–Crippen MR) is 122 cm³/mol. The number of anilines is 3. The average Bonchev–Trinajstić information content (AvgIpc) is 3.41. The van der Waals surface area contributed by atoms with Crippen molar-refractivity contribution in [3.63, 3.8) is 0 Å².